The third-order valence-corrected chi connectivity index (χ3v) is 5.77. The molecule has 140 valence electrons. The summed E-state index contributed by atoms with van der Waals surface area (Å²) >= 11 is 0. The quantitative estimate of drug-likeness (QED) is 0.749. The van der Waals surface area contributed by atoms with E-state index < -0.39 is 6.35 Å². The number of nitrogens with one attached hydrogen (secondary N) is 1. The Hall–Kier alpha value is -2.57. The van der Waals surface area contributed by atoms with E-state index in [2.05, 4.69) is 39.5 Å². The monoisotopic (exact) mass is 363 g/mol. The smallest absolute Gasteiger partial charge is 0.184 e. The lowest BCUT2D eigenvalue weighted by molar-refractivity contribution is 0.161. The Kier molecular flexibility index (Phi) is 4.22. The second kappa shape index (κ2) is 6.87. The maximum absolute atomic E-state index is 10.5. The molecule has 2 unspecified atom stereocenters. The standard InChI is InChI=1S/C21H25N5O/c27-21-23-15-19(26(21)18-8-12-25-13-9-22-20(25)14-18)16-4-6-17(7-5-16)24-10-2-1-3-11-24/h4-9,12-14,19,21,23,27H,1-3,10-11,15H2. The van der Waals surface area contributed by atoms with Crippen molar-refractivity contribution in [1.82, 2.24) is 14.7 Å². The van der Waals surface area contributed by atoms with Crippen molar-refractivity contribution < 1.29 is 5.11 Å². The summed E-state index contributed by atoms with van der Waals surface area (Å²) in [5.74, 6) is 0. The number of fused-ring (bicyclic) bond motifs is 1. The van der Waals surface area contributed by atoms with Gasteiger partial charge >= 0.3 is 0 Å². The summed E-state index contributed by atoms with van der Waals surface area (Å²) in [6.45, 7) is 3.02. The molecule has 2 aromatic heterocycles. The zero-order valence-corrected chi connectivity index (χ0v) is 15.3. The van der Waals surface area contributed by atoms with Crippen molar-refractivity contribution in [2.24, 2.45) is 0 Å². The second-order valence-electron chi connectivity index (χ2n) is 7.42. The van der Waals surface area contributed by atoms with Crippen LogP contribution in [-0.2, 0) is 0 Å². The lowest BCUT2D eigenvalue weighted by Gasteiger charge is -2.31. The second-order valence-corrected chi connectivity index (χ2v) is 7.42. The summed E-state index contributed by atoms with van der Waals surface area (Å²) in [7, 11) is 0. The normalized spacial score (nSPS) is 23.3. The van der Waals surface area contributed by atoms with Crippen molar-refractivity contribution in [2.75, 3.05) is 29.4 Å². The summed E-state index contributed by atoms with van der Waals surface area (Å²) in [6, 6.07) is 13.0. The largest absolute Gasteiger partial charge is 0.372 e. The molecule has 0 bridgehead atoms. The number of aliphatic hydroxyl groups is 1. The van der Waals surface area contributed by atoms with E-state index in [1.165, 1.54) is 30.5 Å². The number of nitrogens with zero attached hydrogens (tertiary/aromatic N) is 4. The van der Waals surface area contributed by atoms with Gasteiger partial charge in [-0.25, -0.2) is 4.98 Å². The Morgan fingerprint density at radius 1 is 0.963 bits per heavy atom. The van der Waals surface area contributed by atoms with Crippen molar-refractivity contribution in [3.63, 3.8) is 0 Å². The first-order valence-electron chi connectivity index (χ1n) is 9.77. The van der Waals surface area contributed by atoms with Crippen molar-refractivity contribution in [1.29, 1.82) is 0 Å². The number of rotatable bonds is 3. The van der Waals surface area contributed by atoms with Crippen LogP contribution < -0.4 is 15.1 Å². The summed E-state index contributed by atoms with van der Waals surface area (Å²) in [5, 5.41) is 13.7. The minimum absolute atomic E-state index is 0.0906. The third kappa shape index (κ3) is 3.05. The minimum atomic E-state index is -0.700. The van der Waals surface area contributed by atoms with Gasteiger partial charge in [0.1, 0.15) is 5.65 Å². The molecule has 2 saturated heterocycles. The van der Waals surface area contributed by atoms with Crippen molar-refractivity contribution >= 4 is 17.0 Å². The first-order valence-corrected chi connectivity index (χ1v) is 9.77. The number of hydrogen-bond donors (Lipinski definition) is 2. The van der Waals surface area contributed by atoms with Gasteiger partial charge in [-0.2, -0.15) is 0 Å². The highest BCUT2D eigenvalue weighted by molar-refractivity contribution is 5.59. The van der Waals surface area contributed by atoms with E-state index in [4.69, 9.17) is 0 Å². The lowest BCUT2D eigenvalue weighted by Crippen LogP contribution is -2.36. The summed E-state index contributed by atoms with van der Waals surface area (Å²) in [6.07, 6.45) is 8.90. The molecule has 0 amide bonds. The van der Waals surface area contributed by atoms with Gasteiger partial charge in [0.05, 0.1) is 6.04 Å². The lowest BCUT2D eigenvalue weighted by atomic mass is 10.0. The molecule has 0 aliphatic carbocycles. The minimum Gasteiger partial charge on any atom is -0.372 e. The summed E-state index contributed by atoms with van der Waals surface area (Å²) < 4.78 is 1.97. The van der Waals surface area contributed by atoms with Crippen LogP contribution in [0.4, 0.5) is 11.4 Å². The van der Waals surface area contributed by atoms with Crippen LogP contribution in [0.5, 0.6) is 0 Å². The van der Waals surface area contributed by atoms with Gasteiger partial charge in [-0.1, -0.05) is 12.1 Å². The highest BCUT2D eigenvalue weighted by Gasteiger charge is 2.33. The molecule has 0 radical (unpaired) electrons. The Bertz CT molecular complexity index is 916. The predicted octanol–water partition coefficient (Wildman–Crippen LogP) is 2.75. The fraction of sp³-hybridized carbons (Fsp3) is 0.381. The average molecular weight is 363 g/mol. The Morgan fingerprint density at radius 3 is 2.59 bits per heavy atom. The maximum atomic E-state index is 10.5. The van der Waals surface area contributed by atoms with Gasteiger partial charge in [0.25, 0.3) is 0 Å². The van der Waals surface area contributed by atoms with Gasteiger partial charge in [0, 0.05) is 55.7 Å². The van der Waals surface area contributed by atoms with E-state index in [0.29, 0.717) is 6.54 Å². The SMILES string of the molecule is OC1NCC(c2ccc(N3CCCCC3)cc2)N1c1ccn2ccnc2c1. The average Bonchev–Trinajstić information content (AvgIpc) is 3.34. The van der Waals surface area contributed by atoms with Gasteiger partial charge in [-0.15, -0.1) is 0 Å². The van der Waals surface area contributed by atoms with E-state index in [0.717, 1.165) is 24.4 Å². The molecule has 0 saturated carbocycles. The number of piperidine rings is 1. The number of aromatic nitrogens is 2. The number of hydrogen-bond acceptors (Lipinski definition) is 5. The van der Waals surface area contributed by atoms with Crippen LogP contribution >= 0.6 is 0 Å². The number of anilines is 2. The molecule has 2 N–H and O–H groups in total. The molecule has 0 spiro atoms. The molecule has 6 nitrogen and oxygen atoms in total. The topological polar surface area (TPSA) is 56.0 Å². The molecular formula is C21H25N5O. The first kappa shape index (κ1) is 16.6. The number of imidazole rings is 1. The van der Waals surface area contributed by atoms with Crippen molar-refractivity contribution in [2.45, 2.75) is 31.7 Å². The molecule has 2 aliphatic heterocycles. The molecule has 2 atom stereocenters. The Morgan fingerprint density at radius 2 is 1.78 bits per heavy atom. The molecule has 27 heavy (non-hydrogen) atoms. The van der Waals surface area contributed by atoms with Gasteiger partial charge in [-0.3, -0.25) is 5.32 Å². The van der Waals surface area contributed by atoms with Crippen LogP contribution in [0.15, 0.2) is 55.0 Å². The number of benzene rings is 1. The zero-order chi connectivity index (χ0) is 18.2. The van der Waals surface area contributed by atoms with Crippen LogP contribution in [0.2, 0.25) is 0 Å². The number of pyridine rings is 1. The van der Waals surface area contributed by atoms with E-state index in [-0.39, 0.29) is 6.04 Å². The van der Waals surface area contributed by atoms with Crippen molar-refractivity contribution in [3.05, 3.63) is 60.6 Å². The predicted molar refractivity (Wildman–Crippen MR) is 107 cm³/mol. The molecule has 5 rings (SSSR count). The van der Waals surface area contributed by atoms with Crippen LogP contribution in [-0.4, -0.2) is 40.5 Å². The number of aliphatic hydroxyl groups excluding tert-OH is 1. The fourth-order valence-corrected chi connectivity index (χ4v) is 4.30. The highest BCUT2D eigenvalue weighted by atomic mass is 16.3. The Balaban J connectivity index is 1.42. The van der Waals surface area contributed by atoms with E-state index >= 15 is 0 Å². The molecule has 2 aliphatic rings. The summed E-state index contributed by atoms with van der Waals surface area (Å²) in [4.78, 5) is 8.87. The van der Waals surface area contributed by atoms with Crippen molar-refractivity contribution in [3.8, 4) is 0 Å². The van der Waals surface area contributed by atoms with E-state index in [9.17, 15) is 5.11 Å². The molecule has 3 aromatic rings. The molecule has 1 aromatic carbocycles. The van der Waals surface area contributed by atoms with Crippen LogP contribution in [0.3, 0.4) is 0 Å². The fourth-order valence-electron chi connectivity index (χ4n) is 4.30. The molecule has 4 heterocycles. The van der Waals surface area contributed by atoms with Gasteiger partial charge in [0.15, 0.2) is 6.35 Å². The van der Waals surface area contributed by atoms with Gasteiger partial charge < -0.3 is 19.3 Å². The molecule has 6 heteroatoms. The maximum Gasteiger partial charge on any atom is 0.184 e. The first-order chi connectivity index (χ1) is 13.3. The third-order valence-electron chi connectivity index (χ3n) is 5.77. The van der Waals surface area contributed by atoms with Gasteiger partial charge in [-0.05, 0) is 43.0 Å². The van der Waals surface area contributed by atoms with E-state index in [1.54, 1.807) is 6.20 Å². The Labute approximate surface area is 159 Å². The van der Waals surface area contributed by atoms with Crippen LogP contribution in [0.1, 0.15) is 30.9 Å². The van der Waals surface area contributed by atoms with E-state index in [1.807, 2.05) is 33.8 Å². The molecule has 2 fully saturated rings. The summed E-state index contributed by atoms with van der Waals surface area (Å²) in [5.41, 5.74) is 4.36. The highest BCUT2D eigenvalue weighted by Crippen LogP contribution is 2.33. The van der Waals surface area contributed by atoms with Crippen LogP contribution in [0.25, 0.3) is 5.65 Å². The van der Waals surface area contributed by atoms with Crippen LogP contribution in [0, 0.1) is 0 Å². The molecular weight excluding hydrogens is 338 g/mol. The zero-order valence-electron chi connectivity index (χ0n) is 15.3. The van der Waals surface area contributed by atoms with Gasteiger partial charge in [0.2, 0.25) is 0 Å².